The zero-order valence-corrected chi connectivity index (χ0v) is 15.2. The molecule has 0 fully saturated rings. The van der Waals surface area contributed by atoms with Gasteiger partial charge in [-0.25, -0.2) is 0 Å². The Hall–Kier alpha value is -3.09. The third-order valence-electron chi connectivity index (χ3n) is 4.03. The van der Waals surface area contributed by atoms with Crippen LogP contribution < -0.4 is 10.1 Å². The van der Waals surface area contributed by atoms with Gasteiger partial charge in [0.25, 0.3) is 0 Å². The van der Waals surface area contributed by atoms with E-state index in [2.05, 4.69) is 20.5 Å². The Bertz CT molecular complexity index is 845. The summed E-state index contributed by atoms with van der Waals surface area (Å²) in [6, 6.07) is 15.7. The lowest BCUT2D eigenvalue weighted by atomic mass is 10.3. The molecule has 26 heavy (non-hydrogen) atoms. The van der Waals surface area contributed by atoms with Gasteiger partial charge in [0.1, 0.15) is 18.2 Å². The number of nitrogens with zero attached hydrogens (tertiary/aromatic N) is 5. The fourth-order valence-corrected chi connectivity index (χ4v) is 2.66. The first-order chi connectivity index (χ1) is 12.8. The molecule has 0 bridgehead atoms. The van der Waals surface area contributed by atoms with E-state index < -0.39 is 0 Å². The van der Waals surface area contributed by atoms with Gasteiger partial charge in [-0.1, -0.05) is 24.3 Å². The van der Waals surface area contributed by atoms with Gasteiger partial charge in [0, 0.05) is 33.3 Å². The quantitative estimate of drug-likeness (QED) is 0.519. The van der Waals surface area contributed by atoms with Gasteiger partial charge in [0.2, 0.25) is 0 Å². The zero-order valence-electron chi connectivity index (χ0n) is 15.2. The number of hydrogen-bond acceptors (Lipinski definition) is 4. The van der Waals surface area contributed by atoms with Crippen molar-refractivity contribution in [3.05, 3.63) is 60.6 Å². The molecule has 1 aromatic carbocycles. The van der Waals surface area contributed by atoms with Crippen molar-refractivity contribution >= 4 is 11.6 Å². The normalized spacial score (nSPS) is 11.5. The third-order valence-corrected chi connectivity index (χ3v) is 4.03. The number of benzene rings is 1. The molecule has 0 saturated carbocycles. The summed E-state index contributed by atoms with van der Waals surface area (Å²) in [5.41, 5.74) is 0.863. The lowest BCUT2D eigenvalue weighted by Crippen LogP contribution is -2.41. The van der Waals surface area contributed by atoms with Crippen molar-refractivity contribution in [1.29, 1.82) is 0 Å². The van der Waals surface area contributed by atoms with Crippen molar-refractivity contribution in [1.82, 2.24) is 24.8 Å². The number of fused-ring (bicyclic) bond motifs is 1. The Morgan fingerprint density at radius 1 is 1.15 bits per heavy atom. The molecule has 2 aromatic heterocycles. The Labute approximate surface area is 153 Å². The first-order valence-electron chi connectivity index (χ1n) is 8.66. The van der Waals surface area contributed by atoms with Crippen molar-refractivity contribution in [2.45, 2.75) is 6.42 Å². The summed E-state index contributed by atoms with van der Waals surface area (Å²) in [7, 11) is 3.78. The highest BCUT2D eigenvalue weighted by Gasteiger charge is 2.08. The summed E-state index contributed by atoms with van der Waals surface area (Å²) in [5, 5.41) is 11.8. The van der Waals surface area contributed by atoms with E-state index in [0.29, 0.717) is 6.61 Å². The maximum Gasteiger partial charge on any atom is 0.193 e. The SMILES string of the molecule is CN=C(NCCc1nnc2ccccn12)N(C)CCOc1ccccc1. The van der Waals surface area contributed by atoms with E-state index >= 15 is 0 Å². The first-order valence-corrected chi connectivity index (χ1v) is 8.66. The zero-order chi connectivity index (χ0) is 18.2. The largest absolute Gasteiger partial charge is 0.492 e. The number of aromatic nitrogens is 3. The van der Waals surface area contributed by atoms with E-state index in [0.717, 1.165) is 42.7 Å². The van der Waals surface area contributed by atoms with Crippen LogP contribution in [0.25, 0.3) is 5.65 Å². The van der Waals surface area contributed by atoms with Gasteiger partial charge >= 0.3 is 0 Å². The smallest absolute Gasteiger partial charge is 0.193 e. The van der Waals surface area contributed by atoms with Crippen molar-refractivity contribution < 1.29 is 4.74 Å². The molecule has 0 saturated heterocycles. The fourth-order valence-electron chi connectivity index (χ4n) is 2.66. The van der Waals surface area contributed by atoms with Crippen LogP contribution in [0.1, 0.15) is 5.82 Å². The number of aliphatic imine (C=N–C) groups is 1. The molecule has 0 aliphatic heterocycles. The molecule has 3 aromatic rings. The monoisotopic (exact) mass is 352 g/mol. The molecule has 2 heterocycles. The van der Waals surface area contributed by atoms with Crippen LogP contribution in [0.3, 0.4) is 0 Å². The number of nitrogens with one attached hydrogen (secondary N) is 1. The summed E-state index contributed by atoms with van der Waals surface area (Å²) in [6.07, 6.45) is 2.74. The lowest BCUT2D eigenvalue weighted by Gasteiger charge is -2.22. The number of hydrogen-bond donors (Lipinski definition) is 1. The predicted molar refractivity (Wildman–Crippen MR) is 103 cm³/mol. The average molecular weight is 352 g/mol. The maximum absolute atomic E-state index is 5.74. The second kappa shape index (κ2) is 8.84. The van der Waals surface area contributed by atoms with Crippen molar-refractivity contribution in [3.63, 3.8) is 0 Å². The molecule has 0 unspecified atom stereocenters. The predicted octanol–water partition coefficient (Wildman–Crippen LogP) is 1.86. The minimum Gasteiger partial charge on any atom is -0.492 e. The average Bonchev–Trinajstić information content (AvgIpc) is 3.09. The minimum absolute atomic E-state index is 0.593. The fraction of sp³-hybridized carbons (Fsp3) is 0.316. The Balaban J connectivity index is 1.45. The summed E-state index contributed by atoms with van der Waals surface area (Å²) >= 11 is 0. The topological polar surface area (TPSA) is 67.0 Å². The summed E-state index contributed by atoms with van der Waals surface area (Å²) < 4.78 is 7.74. The van der Waals surface area contributed by atoms with Crippen LogP contribution in [0.15, 0.2) is 59.7 Å². The van der Waals surface area contributed by atoms with Gasteiger partial charge in [-0.15, -0.1) is 10.2 Å². The van der Waals surface area contributed by atoms with Crippen LogP contribution in [0.2, 0.25) is 0 Å². The molecule has 136 valence electrons. The molecule has 1 N–H and O–H groups in total. The Kier molecular flexibility index (Phi) is 6.03. The molecule has 0 spiro atoms. The van der Waals surface area contributed by atoms with E-state index in [1.807, 2.05) is 71.1 Å². The number of para-hydroxylation sites is 1. The van der Waals surface area contributed by atoms with E-state index in [4.69, 9.17) is 4.74 Å². The van der Waals surface area contributed by atoms with Crippen molar-refractivity contribution in [2.75, 3.05) is 33.8 Å². The Morgan fingerprint density at radius 3 is 2.77 bits per heavy atom. The van der Waals surface area contributed by atoms with Crippen LogP contribution >= 0.6 is 0 Å². The van der Waals surface area contributed by atoms with E-state index in [9.17, 15) is 0 Å². The molecular formula is C19H24N6O. The third kappa shape index (κ3) is 4.50. The van der Waals surface area contributed by atoms with Crippen LogP contribution in [0, 0.1) is 0 Å². The second-order valence-electron chi connectivity index (χ2n) is 5.85. The number of guanidine groups is 1. The highest BCUT2D eigenvalue weighted by molar-refractivity contribution is 5.79. The molecule has 0 aliphatic carbocycles. The van der Waals surface area contributed by atoms with Crippen LogP contribution in [-0.2, 0) is 6.42 Å². The number of rotatable bonds is 7. The lowest BCUT2D eigenvalue weighted by molar-refractivity contribution is 0.281. The molecule has 7 nitrogen and oxygen atoms in total. The highest BCUT2D eigenvalue weighted by atomic mass is 16.5. The summed E-state index contributed by atoms with van der Waals surface area (Å²) in [6.45, 7) is 2.06. The van der Waals surface area contributed by atoms with Gasteiger partial charge in [-0.05, 0) is 24.3 Å². The number of pyridine rings is 1. The van der Waals surface area contributed by atoms with Gasteiger partial charge < -0.3 is 15.0 Å². The number of likely N-dealkylation sites (N-methyl/N-ethyl adjacent to an activating group) is 1. The van der Waals surface area contributed by atoms with Crippen LogP contribution in [0.4, 0.5) is 0 Å². The second-order valence-corrected chi connectivity index (χ2v) is 5.85. The molecule has 0 radical (unpaired) electrons. The summed E-state index contributed by atoms with van der Waals surface area (Å²) in [4.78, 5) is 6.37. The van der Waals surface area contributed by atoms with Crippen LogP contribution in [0.5, 0.6) is 5.75 Å². The number of ether oxygens (including phenoxy) is 1. The minimum atomic E-state index is 0.593. The van der Waals surface area contributed by atoms with E-state index in [1.54, 1.807) is 7.05 Å². The first kappa shape index (κ1) is 17.7. The molecule has 0 aliphatic rings. The van der Waals surface area contributed by atoms with Crippen molar-refractivity contribution in [3.8, 4) is 5.75 Å². The van der Waals surface area contributed by atoms with Gasteiger partial charge in [0.15, 0.2) is 11.6 Å². The van der Waals surface area contributed by atoms with E-state index in [1.165, 1.54) is 0 Å². The molecule has 0 atom stereocenters. The molecule has 0 amide bonds. The summed E-state index contributed by atoms with van der Waals surface area (Å²) in [5.74, 6) is 2.64. The molecule has 3 rings (SSSR count). The van der Waals surface area contributed by atoms with Gasteiger partial charge in [0.05, 0.1) is 6.54 Å². The standard InChI is InChI=1S/C19H24N6O/c1-20-19(24(2)14-15-26-16-8-4-3-5-9-16)21-12-11-18-23-22-17-10-6-7-13-25(17)18/h3-10,13H,11-12,14-15H2,1-2H3,(H,20,21). The molecular weight excluding hydrogens is 328 g/mol. The van der Waals surface area contributed by atoms with Gasteiger partial charge in [-0.3, -0.25) is 9.39 Å². The van der Waals surface area contributed by atoms with Crippen LogP contribution in [-0.4, -0.2) is 59.2 Å². The van der Waals surface area contributed by atoms with E-state index in [-0.39, 0.29) is 0 Å². The van der Waals surface area contributed by atoms with Crippen molar-refractivity contribution in [2.24, 2.45) is 4.99 Å². The Morgan fingerprint density at radius 2 is 1.96 bits per heavy atom. The highest BCUT2D eigenvalue weighted by Crippen LogP contribution is 2.08. The molecule has 7 heteroatoms. The van der Waals surface area contributed by atoms with Gasteiger partial charge in [-0.2, -0.15) is 0 Å². The maximum atomic E-state index is 5.74.